The van der Waals surface area contributed by atoms with E-state index in [0.29, 0.717) is 6.04 Å². The summed E-state index contributed by atoms with van der Waals surface area (Å²) in [5.74, 6) is -0.149. The predicted molar refractivity (Wildman–Crippen MR) is 215 cm³/mol. The number of aryl methyl sites for hydroxylation is 2. The van der Waals surface area contributed by atoms with Gasteiger partial charge in [0.1, 0.15) is 5.82 Å². The molecule has 0 fully saturated rings. The molecule has 0 saturated heterocycles. The average molecular weight is 669 g/mol. The summed E-state index contributed by atoms with van der Waals surface area (Å²) in [7, 11) is 1.94. The number of hydrogen-bond acceptors (Lipinski definition) is 2. The normalized spacial score (nSPS) is 17.6. The third-order valence-electron chi connectivity index (χ3n) is 9.96. The molecule has 2 unspecified atom stereocenters. The molecule has 3 heteroatoms. The molecule has 2 atom stereocenters. The summed E-state index contributed by atoms with van der Waals surface area (Å²) in [6.07, 6.45) is 21.7. The number of nitrogens with zero attached hydrogens (tertiary/aromatic N) is 2. The predicted octanol–water partition coefficient (Wildman–Crippen LogP) is 12.7. The van der Waals surface area contributed by atoms with Crippen LogP contribution in [0.3, 0.4) is 0 Å². The van der Waals surface area contributed by atoms with Crippen LogP contribution >= 0.6 is 0 Å². The minimum absolute atomic E-state index is 0.0150. The third kappa shape index (κ3) is 7.83. The molecule has 0 spiro atoms. The van der Waals surface area contributed by atoms with E-state index in [1.807, 2.05) is 48.5 Å². The van der Waals surface area contributed by atoms with Gasteiger partial charge in [-0.3, -0.25) is 0 Å². The second-order valence-electron chi connectivity index (χ2n) is 15.1. The van der Waals surface area contributed by atoms with Gasteiger partial charge in [0.05, 0.1) is 12.1 Å². The highest BCUT2D eigenvalue weighted by Gasteiger charge is 2.31. The van der Waals surface area contributed by atoms with Gasteiger partial charge in [0.15, 0.2) is 0 Å². The fourth-order valence-corrected chi connectivity index (χ4v) is 7.29. The first-order valence-electron chi connectivity index (χ1n) is 18.6. The number of likely N-dealkylation sites (N-methyl/N-ethyl adjacent to an activating group) is 1. The van der Waals surface area contributed by atoms with Gasteiger partial charge >= 0.3 is 0 Å². The molecule has 262 valence electrons. The molecule has 4 aromatic carbocycles. The minimum Gasteiger partial charge on any atom is -0.370 e. The van der Waals surface area contributed by atoms with Crippen molar-refractivity contribution in [2.45, 2.75) is 105 Å². The Morgan fingerprint density at radius 3 is 2.24 bits per heavy atom. The highest BCUT2D eigenvalue weighted by atomic mass is 19.1. The van der Waals surface area contributed by atoms with E-state index < -0.39 is 0 Å². The van der Waals surface area contributed by atoms with Crippen LogP contribution in [0.15, 0.2) is 103 Å². The van der Waals surface area contributed by atoms with E-state index in [1.54, 1.807) is 6.07 Å². The number of rotatable bonds is 4. The van der Waals surface area contributed by atoms with Crippen LogP contribution in [0.4, 0.5) is 4.39 Å². The van der Waals surface area contributed by atoms with Crippen molar-refractivity contribution in [1.29, 1.82) is 0 Å². The van der Waals surface area contributed by atoms with Crippen molar-refractivity contribution in [1.82, 2.24) is 9.80 Å². The molecule has 0 N–H and O–H groups in total. The Hall–Kier alpha value is -4.37. The van der Waals surface area contributed by atoms with Crippen molar-refractivity contribution in [3.05, 3.63) is 154 Å². The van der Waals surface area contributed by atoms with E-state index in [2.05, 4.69) is 127 Å². The summed E-state index contributed by atoms with van der Waals surface area (Å²) in [6.45, 7) is 18.1. The lowest BCUT2D eigenvalue weighted by Gasteiger charge is -2.40. The lowest BCUT2D eigenvalue weighted by molar-refractivity contribution is 0.257. The number of allylic oxidation sites excluding steroid dienone is 3. The second kappa shape index (κ2) is 16.1. The van der Waals surface area contributed by atoms with Gasteiger partial charge in [0.25, 0.3) is 0 Å². The summed E-state index contributed by atoms with van der Waals surface area (Å²) in [6, 6.07) is 24.2. The standard InChI is InChI=1S/C32H37N.C12H12FN.C3H8/c1-7-22-12-14-24(32(4,5)6)20-30(22)31-29-17-16-26-25-11-9-8-10-23(25)13-15-27(26)28(29)18-19-33(31)21(2)3;1-14-9-5-4-8-12(14)10-6-2-3-7-11(10)13;1-3-2/h8,10,12-21,31H,7,9,11H2,1-6H3;2-9,12H,1H3;3H2,1-2H3. The number of benzene rings is 4. The van der Waals surface area contributed by atoms with Gasteiger partial charge in [0, 0.05) is 24.9 Å². The zero-order valence-electron chi connectivity index (χ0n) is 31.8. The van der Waals surface area contributed by atoms with Crippen molar-refractivity contribution in [2.75, 3.05) is 7.05 Å². The fraction of sp³-hybridized carbons (Fsp3) is 0.362. The van der Waals surface area contributed by atoms with Crippen LogP contribution in [-0.4, -0.2) is 22.9 Å². The molecule has 0 aromatic heterocycles. The first kappa shape index (κ1) is 36.9. The molecular weight excluding hydrogens is 612 g/mol. The molecule has 1 aliphatic carbocycles. The van der Waals surface area contributed by atoms with Gasteiger partial charge in [-0.05, 0) is 113 Å². The van der Waals surface area contributed by atoms with Gasteiger partial charge in [0.2, 0.25) is 0 Å². The van der Waals surface area contributed by atoms with E-state index in [0.717, 1.165) is 24.8 Å². The van der Waals surface area contributed by atoms with Crippen LogP contribution in [0.2, 0.25) is 0 Å². The summed E-state index contributed by atoms with van der Waals surface area (Å²) in [5, 5.41) is 2.83. The van der Waals surface area contributed by atoms with Crippen LogP contribution in [0.5, 0.6) is 0 Å². The first-order valence-corrected chi connectivity index (χ1v) is 18.6. The number of hydrogen-bond donors (Lipinski definition) is 0. The molecule has 0 saturated carbocycles. The van der Waals surface area contributed by atoms with Gasteiger partial charge in [-0.1, -0.05) is 133 Å². The quantitative estimate of drug-likeness (QED) is 0.214. The smallest absolute Gasteiger partial charge is 0.128 e. The maximum absolute atomic E-state index is 13.5. The van der Waals surface area contributed by atoms with E-state index in [1.165, 1.54) is 62.2 Å². The molecule has 50 heavy (non-hydrogen) atoms. The zero-order valence-corrected chi connectivity index (χ0v) is 31.8. The van der Waals surface area contributed by atoms with E-state index >= 15 is 0 Å². The molecule has 2 heterocycles. The summed E-state index contributed by atoms with van der Waals surface area (Å²) < 4.78 is 13.5. The molecule has 0 amide bonds. The molecule has 0 bridgehead atoms. The minimum atomic E-state index is -0.149. The Morgan fingerprint density at radius 1 is 0.820 bits per heavy atom. The topological polar surface area (TPSA) is 6.48 Å². The maximum atomic E-state index is 13.5. The first-order chi connectivity index (χ1) is 24.0. The molecular formula is C47H57FN2. The Kier molecular flexibility index (Phi) is 11.9. The summed E-state index contributed by atoms with van der Waals surface area (Å²) in [4.78, 5) is 4.54. The van der Waals surface area contributed by atoms with Gasteiger partial charge in [-0.25, -0.2) is 4.39 Å². The van der Waals surface area contributed by atoms with Crippen molar-refractivity contribution >= 4 is 22.9 Å². The molecule has 3 aliphatic rings. The fourth-order valence-electron chi connectivity index (χ4n) is 7.29. The largest absolute Gasteiger partial charge is 0.370 e. The molecule has 2 aliphatic heterocycles. The average Bonchev–Trinajstić information content (AvgIpc) is 3.11. The Labute approximate surface area is 301 Å². The number of fused-ring (bicyclic) bond motifs is 5. The van der Waals surface area contributed by atoms with Crippen molar-refractivity contribution in [3.63, 3.8) is 0 Å². The van der Waals surface area contributed by atoms with Crippen LogP contribution in [-0.2, 0) is 18.3 Å². The summed E-state index contributed by atoms with van der Waals surface area (Å²) in [5.41, 5.74) is 10.9. The van der Waals surface area contributed by atoms with Crippen molar-refractivity contribution < 1.29 is 4.39 Å². The molecule has 7 rings (SSSR count). The van der Waals surface area contributed by atoms with Crippen LogP contribution < -0.4 is 0 Å². The molecule has 2 nitrogen and oxygen atoms in total. The second-order valence-corrected chi connectivity index (χ2v) is 15.1. The Bertz CT molecular complexity index is 1900. The third-order valence-corrected chi connectivity index (χ3v) is 9.96. The maximum Gasteiger partial charge on any atom is 0.128 e. The monoisotopic (exact) mass is 668 g/mol. The van der Waals surface area contributed by atoms with E-state index in [-0.39, 0.29) is 23.3 Å². The lowest BCUT2D eigenvalue weighted by Crippen LogP contribution is -2.34. The van der Waals surface area contributed by atoms with Gasteiger partial charge in [-0.15, -0.1) is 0 Å². The molecule has 4 aromatic rings. The van der Waals surface area contributed by atoms with Crippen LogP contribution in [0.25, 0.3) is 22.9 Å². The van der Waals surface area contributed by atoms with Gasteiger partial charge in [-0.2, -0.15) is 0 Å². The van der Waals surface area contributed by atoms with Crippen molar-refractivity contribution in [2.24, 2.45) is 0 Å². The lowest BCUT2D eigenvalue weighted by atomic mass is 9.80. The SMILES string of the molecule is CCC.CCc1ccc(C(C)(C)C)cc1C1c2ccc3c4c(ccc3c2C=CN1C(C)C)C=CCC4.CN1C=CC=CC1c1ccccc1F. The van der Waals surface area contributed by atoms with Crippen molar-refractivity contribution in [3.8, 4) is 0 Å². The molecule has 0 radical (unpaired) electrons. The van der Waals surface area contributed by atoms with Crippen LogP contribution in [0.1, 0.15) is 125 Å². The van der Waals surface area contributed by atoms with E-state index in [4.69, 9.17) is 0 Å². The summed E-state index contributed by atoms with van der Waals surface area (Å²) >= 11 is 0. The van der Waals surface area contributed by atoms with Crippen LogP contribution in [0, 0.1) is 5.82 Å². The Morgan fingerprint density at radius 2 is 1.56 bits per heavy atom. The van der Waals surface area contributed by atoms with Gasteiger partial charge < -0.3 is 9.80 Å². The highest BCUT2D eigenvalue weighted by Crippen LogP contribution is 2.43. The zero-order chi connectivity index (χ0) is 36.0. The Balaban J connectivity index is 0.000000237. The van der Waals surface area contributed by atoms with E-state index in [9.17, 15) is 4.39 Å². The highest BCUT2D eigenvalue weighted by molar-refractivity contribution is 5.97. The number of halogens is 1.